The van der Waals surface area contributed by atoms with E-state index in [4.69, 9.17) is 0 Å². The smallest absolute Gasteiger partial charge is 0.123 e. The normalized spacial score (nSPS) is 55.8. The van der Waals surface area contributed by atoms with Crippen LogP contribution in [0.3, 0.4) is 0 Å². The van der Waals surface area contributed by atoms with E-state index >= 15 is 0 Å². The fourth-order valence-corrected chi connectivity index (χ4v) is 4.28. The summed E-state index contributed by atoms with van der Waals surface area (Å²) in [7, 11) is 0. The second-order valence-corrected chi connectivity index (χ2v) is 4.95. The van der Waals surface area contributed by atoms with Gasteiger partial charge in [0.15, 0.2) is 0 Å². The molecule has 0 aliphatic heterocycles. The number of aldehydes is 1. The summed E-state index contributed by atoms with van der Waals surface area (Å²) in [5.74, 6) is 4.19. The van der Waals surface area contributed by atoms with Crippen LogP contribution in [-0.2, 0) is 4.79 Å². The van der Waals surface area contributed by atoms with Crippen LogP contribution < -0.4 is 0 Å². The van der Waals surface area contributed by atoms with E-state index in [-0.39, 0.29) is 0 Å². The molecule has 3 aliphatic carbocycles. The van der Waals surface area contributed by atoms with E-state index < -0.39 is 0 Å². The van der Waals surface area contributed by atoms with Gasteiger partial charge in [-0.3, -0.25) is 0 Å². The van der Waals surface area contributed by atoms with Crippen molar-refractivity contribution in [2.45, 2.75) is 32.1 Å². The van der Waals surface area contributed by atoms with Crippen LogP contribution in [0.4, 0.5) is 0 Å². The van der Waals surface area contributed by atoms with E-state index in [2.05, 4.69) is 0 Å². The minimum atomic E-state index is 0.453. The first-order valence-corrected chi connectivity index (χ1v) is 5.35. The zero-order chi connectivity index (χ0) is 8.13. The van der Waals surface area contributed by atoms with Crippen molar-refractivity contribution in [3.8, 4) is 0 Å². The van der Waals surface area contributed by atoms with Gasteiger partial charge in [0.2, 0.25) is 0 Å². The first-order chi connectivity index (χ1) is 5.90. The number of hydrogen-bond acceptors (Lipinski definition) is 1. The van der Waals surface area contributed by atoms with E-state index in [0.29, 0.717) is 5.92 Å². The summed E-state index contributed by atoms with van der Waals surface area (Å²) in [6.45, 7) is 0. The maximum atomic E-state index is 10.8. The molecule has 3 fully saturated rings. The van der Waals surface area contributed by atoms with Crippen molar-refractivity contribution in [2.75, 3.05) is 0 Å². The maximum Gasteiger partial charge on any atom is 0.123 e. The van der Waals surface area contributed by atoms with Crippen molar-refractivity contribution in [3.05, 3.63) is 0 Å². The Morgan fingerprint density at radius 1 is 1.00 bits per heavy atom. The topological polar surface area (TPSA) is 17.1 Å². The van der Waals surface area contributed by atoms with Gasteiger partial charge in [0.1, 0.15) is 6.29 Å². The first kappa shape index (κ1) is 7.11. The van der Waals surface area contributed by atoms with E-state index in [9.17, 15) is 4.79 Å². The Kier molecular flexibility index (Phi) is 1.38. The number of hydrogen-bond donors (Lipinski definition) is 0. The zero-order valence-corrected chi connectivity index (χ0v) is 7.41. The number of rotatable bonds is 1. The molecule has 3 rings (SSSR count). The molecule has 12 heavy (non-hydrogen) atoms. The van der Waals surface area contributed by atoms with Crippen molar-refractivity contribution in [2.24, 2.45) is 29.6 Å². The van der Waals surface area contributed by atoms with Gasteiger partial charge >= 0.3 is 0 Å². The molecule has 2 bridgehead atoms. The van der Waals surface area contributed by atoms with Crippen LogP contribution in [0.25, 0.3) is 0 Å². The molecule has 0 aromatic heterocycles. The largest absolute Gasteiger partial charge is 0.303 e. The molecular weight excluding hydrogens is 148 g/mol. The van der Waals surface area contributed by atoms with Gasteiger partial charge in [-0.1, -0.05) is 6.42 Å². The van der Waals surface area contributed by atoms with Crippen LogP contribution >= 0.6 is 0 Å². The lowest BCUT2D eigenvalue weighted by molar-refractivity contribution is -0.113. The molecule has 0 radical (unpaired) electrons. The van der Waals surface area contributed by atoms with Gasteiger partial charge in [-0.15, -0.1) is 0 Å². The number of fused-ring (bicyclic) bond motifs is 5. The van der Waals surface area contributed by atoms with Gasteiger partial charge in [-0.05, 0) is 49.4 Å². The van der Waals surface area contributed by atoms with Crippen molar-refractivity contribution >= 4 is 6.29 Å². The summed E-state index contributed by atoms with van der Waals surface area (Å²) >= 11 is 0. The third kappa shape index (κ3) is 0.725. The van der Waals surface area contributed by atoms with E-state index in [1.54, 1.807) is 0 Å². The molecule has 0 saturated heterocycles. The van der Waals surface area contributed by atoms with E-state index in [1.807, 2.05) is 0 Å². The predicted molar refractivity (Wildman–Crippen MR) is 46.6 cm³/mol. The van der Waals surface area contributed by atoms with Crippen LogP contribution in [0.2, 0.25) is 0 Å². The highest BCUT2D eigenvalue weighted by Gasteiger charge is 2.53. The van der Waals surface area contributed by atoms with Crippen molar-refractivity contribution in [3.63, 3.8) is 0 Å². The lowest BCUT2D eigenvalue weighted by atomic mass is 9.76. The Morgan fingerprint density at radius 3 is 2.67 bits per heavy atom. The Bertz CT molecular complexity index is 211. The van der Waals surface area contributed by atoms with Crippen LogP contribution in [-0.4, -0.2) is 6.29 Å². The Balaban J connectivity index is 1.87. The van der Waals surface area contributed by atoms with Gasteiger partial charge in [0.25, 0.3) is 0 Å². The Hall–Kier alpha value is -0.330. The summed E-state index contributed by atoms with van der Waals surface area (Å²) < 4.78 is 0. The maximum absolute atomic E-state index is 10.8. The van der Waals surface area contributed by atoms with Gasteiger partial charge in [-0.25, -0.2) is 0 Å². The predicted octanol–water partition coefficient (Wildman–Crippen LogP) is 2.26. The molecule has 0 N–H and O–H groups in total. The second kappa shape index (κ2) is 2.34. The molecule has 0 amide bonds. The second-order valence-electron chi connectivity index (χ2n) is 4.95. The fraction of sp³-hybridized carbons (Fsp3) is 0.909. The quantitative estimate of drug-likeness (QED) is 0.543. The van der Waals surface area contributed by atoms with Crippen molar-refractivity contribution < 1.29 is 4.79 Å². The van der Waals surface area contributed by atoms with E-state index in [1.165, 1.54) is 38.4 Å². The molecule has 0 unspecified atom stereocenters. The Labute approximate surface area is 73.5 Å². The van der Waals surface area contributed by atoms with Gasteiger partial charge in [0, 0.05) is 5.92 Å². The summed E-state index contributed by atoms with van der Waals surface area (Å²) in [5, 5.41) is 0. The van der Waals surface area contributed by atoms with Crippen LogP contribution in [0.5, 0.6) is 0 Å². The average molecular weight is 164 g/mol. The fourth-order valence-electron chi connectivity index (χ4n) is 4.28. The Morgan fingerprint density at radius 2 is 1.83 bits per heavy atom. The minimum absolute atomic E-state index is 0.453. The zero-order valence-electron chi connectivity index (χ0n) is 7.41. The number of carbonyl (C=O) groups excluding carboxylic acids is 1. The molecule has 0 spiro atoms. The molecule has 1 heteroatoms. The third-order valence-corrected chi connectivity index (χ3v) is 4.65. The van der Waals surface area contributed by atoms with E-state index in [0.717, 1.165) is 23.7 Å². The van der Waals surface area contributed by atoms with Gasteiger partial charge < -0.3 is 4.79 Å². The molecule has 3 aliphatic rings. The lowest BCUT2D eigenvalue weighted by Gasteiger charge is -2.28. The molecule has 5 atom stereocenters. The van der Waals surface area contributed by atoms with Crippen LogP contribution in [0, 0.1) is 29.6 Å². The average Bonchev–Trinajstić information content (AvgIpc) is 2.75. The summed E-state index contributed by atoms with van der Waals surface area (Å²) in [4.78, 5) is 10.8. The summed E-state index contributed by atoms with van der Waals surface area (Å²) in [5.41, 5.74) is 0. The van der Waals surface area contributed by atoms with Gasteiger partial charge in [-0.2, -0.15) is 0 Å². The molecule has 0 heterocycles. The van der Waals surface area contributed by atoms with Crippen molar-refractivity contribution in [1.82, 2.24) is 0 Å². The third-order valence-electron chi connectivity index (χ3n) is 4.65. The van der Waals surface area contributed by atoms with Gasteiger partial charge in [0.05, 0.1) is 0 Å². The standard InChI is InChI=1S/C11H16O/c12-6-8-4-7-5-11(8)10-3-1-2-9(7)10/h6-11H,1-5H2/t7-,8+,9+,10+,11-/m1/s1. The lowest BCUT2D eigenvalue weighted by Crippen LogP contribution is -2.24. The highest BCUT2D eigenvalue weighted by atomic mass is 16.1. The van der Waals surface area contributed by atoms with Crippen LogP contribution in [0.15, 0.2) is 0 Å². The first-order valence-electron chi connectivity index (χ1n) is 5.35. The number of carbonyl (C=O) groups is 1. The minimum Gasteiger partial charge on any atom is -0.303 e. The molecule has 1 nitrogen and oxygen atoms in total. The highest BCUT2D eigenvalue weighted by molar-refractivity contribution is 5.55. The molecule has 66 valence electrons. The molecule has 0 aromatic carbocycles. The monoisotopic (exact) mass is 164 g/mol. The summed E-state index contributed by atoms with van der Waals surface area (Å²) in [6, 6.07) is 0. The summed E-state index contributed by atoms with van der Waals surface area (Å²) in [6.07, 6.45) is 8.19. The molecule has 3 saturated carbocycles. The molecular formula is C11H16O. The highest BCUT2D eigenvalue weighted by Crippen LogP contribution is 2.60. The van der Waals surface area contributed by atoms with Crippen molar-refractivity contribution in [1.29, 1.82) is 0 Å². The molecule has 0 aromatic rings. The SMILES string of the molecule is O=C[C@@H]1C[C@@H]2C[C@H]1[C@H]1CCC[C@@H]21. The van der Waals surface area contributed by atoms with Crippen LogP contribution in [0.1, 0.15) is 32.1 Å².